The zero-order chi connectivity index (χ0) is 20.3. The fourth-order valence-electron chi connectivity index (χ4n) is 3.34. The summed E-state index contributed by atoms with van der Waals surface area (Å²) in [6.45, 7) is 5.18. The van der Waals surface area contributed by atoms with Gasteiger partial charge in [0.2, 0.25) is 10.0 Å². The number of piperazine rings is 1. The molecule has 1 fully saturated rings. The van der Waals surface area contributed by atoms with Crippen LogP contribution in [0.3, 0.4) is 0 Å². The number of primary sulfonamides is 1. The highest BCUT2D eigenvalue weighted by Gasteiger charge is 2.29. The third-order valence-corrected chi connectivity index (χ3v) is 6.30. The van der Waals surface area contributed by atoms with Gasteiger partial charge in [-0.2, -0.15) is 0 Å². The number of hydrogen-bond acceptors (Lipinski definition) is 4. The zero-order valence-electron chi connectivity index (χ0n) is 15.6. The number of amides is 1. The maximum atomic E-state index is 12.6. The van der Waals surface area contributed by atoms with Crippen molar-refractivity contribution >= 4 is 38.9 Å². The van der Waals surface area contributed by atoms with Crippen LogP contribution >= 0.6 is 11.6 Å². The highest BCUT2D eigenvalue weighted by molar-refractivity contribution is 7.89. The van der Waals surface area contributed by atoms with Crippen molar-refractivity contribution in [2.45, 2.75) is 17.9 Å². The number of nitrogens with zero attached hydrogens (tertiary/aromatic N) is 1. The third-order valence-electron chi connectivity index (χ3n) is 5.05. The lowest BCUT2D eigenvalue weighted by atomic mass is 10.2. The molecule has 0 radical (unpaired) electrons. The summed E-state index contributed by atoms with van der Waals surface area (Å²) < 4.78 is 22.6. The van der Waals surface area contributed by atoms with Crippen molar-refractivity contribution < 1.29 is 18.1 Å². The molecule has 2 aromatic rings. The van der Waals surface area contributed by atoms with Gasteiger partial charge in [-0.3, -0.25) is 4.79 Å². The average Bonchev–Trinajstić information content (AvgIpc) is 2.67. The van der Waals surface area contributed by atoms with Crippen molar-refractivity contribution in [2.24, 2.45) is 5.14 Å². The lowest BCUT2D eigenvalue weighted by Crippen LogP contribution is -3.19. The lowest BCUT2D eigenvalue weighted by molar-refractivity contribution is -0.914. The first kappa shape index (κ1) is 20.6. The summed E-state index contributed by atoms with van der Waals surface area (Å²) in [7, 11) is -3.74. The van der Waals surface area contributed by atoms with Crippen molar-refractivity contribution in [3.63, 3.8) is 0 Å². The van der Waals surface area contributed by atoms with E-state index in [1.807, 2.05) is 31.2 Å². The second-order valence-electron chi connectivity index (χ2n) is 6.88. The normalized spacial score (nSPS) is 16.6. The van der Waals surface area contributed by atoms with Crippen LogP contribution in [0.25, 0.3) is 0 Å². The van der Waals surface area contributed by atoms with E-state index in [1.54, 1.807) is 0 Å². The number of nitrogens with two attached hydrogens (primary N) is 1. The van der Waals surface area contributed by atoms with Crippen LogP contribution in [-0.4, -0.2) is 46.5 Å². The average molecular weight is 424 g/mol. The molecular weight excluding hydrogens is 400 g/mol. The van der Waals surface area contributed by atoms with Crippen LogP contribution < -0.4 is 20.3 Å². The molecule has 0 unspecified atom stereocenters. The van der Waals surface area contributed by atoms with Crippen LogP contribution in [0.2, 0.25) is 5.02 Å². The van der Waals surface area contributed by atoms with Crippen LogP contribution in [0.15, 0.2) is 53.4 Å². The maximum absolute atomic E-state index is 12.6. The maximum Gasteiger partial charge on any atom is 0.282 e. The standard InChI is InChI=1S/C19H23ClN4O3S/c1-14(19(25)22-15-6-8-16(9-7-15)28(21,26)27)23-10-12-24(13-11-23)18-5-3-2-4-17(18)20/h2-9,14H,10-13H2,1H3,(H,22,25)(H2,21,26,27)/p+1/t14-/m1/s1. The molecule has 0 spiro atoms. The largest absolute Gasteiger partial charge is 0.359 e. The first-order valence-electron chi connectivity index (χ1n) is 9.03. The molecule has 0 aliphatic carbocycles. The quantitative estimate of drug-likeness (QED) is 0.660. The van der Waals surface area contributed by atoms with E-state index >= 15 is 0 Å². The molecule has 2 aromatic carbocycles. The highest BCUT2D eigenvalue weighted by atomic mass is 35.5. The summed E-state index contributed by atoms with van der Waals surface area (Å²) in [5.41, 5.74) is 1.56. The van der Waals surface area contributed by atoms with Crippen molar-refractivity contribution in [1.82, 2.24) is 0 Å². The van der Waals surface area contributed by atoms with Gasteiger partial charge in [0, 0.05) is 5.69 Å². The van der Waals surface area contributed by atoms with Crippen molar-refractivity contribution in [1.29, 1.82) is 0 Å². The van der Waals surface area contributed by atoms with E-state index in [4.69, 9.17) is 16.7 Å². The van der Waals surface area contributed by atoms with Crippen LogP contribution in [0.1, 0.15) is 6.92 Å². The molecule has 3 rings (SSSR count). The van der Waals surface area contributed by atoms with E-state index in [2.05, 4.69) is 10.2 Å². The van der Waals surface area contributed by atoms with E-state index < -0.39 is 10.0 Å². The molecule has 1 aliphatic heterocycles. The molecule has 0 aromatic heterocycles. The molecule has 150 valence electrons. The number of benzene rings is 2. The van der Waals surface area contributed by atoms with E-state index in [1.165, 1.54) is 29.2 Å². The first-order chi connectivity index (χ1) is 13.3. The van der Waals surface area contributed by atoms with Gasteiger partial charge in [0.05, 0.1) is 41.8 Å². The van der Waals surface area contributed by atoms with Gasteiger partial charge in [-0.1, -0.05) is 23.7 Å². The SMILES string of the molecule is C[C@H](C(=O)Nc1ccc(S(N)(=O)=O)cc1)[NH+]1CCN(c2ccccc2Cl)CC1. The summed E-state index contributed by atoms with van der Waals surface area (Å²) in [5.74, 6) is -0.107. The zero-order valence-corrected chi connectivity index (χ0v) is 17.1. The van der Waals surface area contributed by atoms with E-state index in [0.29, 0.717) is 5.69 Å². The number of hydrogen-bond donors (Lipinski definition) is 3. The molecule has 0 bridgehead atoms. The number of carbonyl (C=O) groups is 1. The monoisotopic (exact) mass is 423 g/mol. The Morgan fingerprint density at radius 3 is 2.32 bits per heavy atom. The molecule has 9 heteroatoms. The number of carbonyl (C=O) groups excluding carboxylic acids is 1. The number of rotatable bonds is 5. The Morgan fingerprint density at radius 2 is 1.75 bits per heavy atom. The number of para-hydroxylation sites is 1. The van der Waals surface area contributed by atoms with Crippen LogP contribution in [-0.2, 0) is 14.8 Å². The minimum atomic E-state index is -3.74. The van der Waals surface area contributed by atoms with Gasteiger partial charge in [0.1, 0.15) is 0 Å². The molecule has 4 N–H and O–H groups in total. The number of quaternary nitrogens is 1. The Hall–Kier alpha value is -2.13. The molecule has 1 heterocycles. The number of sulfonamides is 1. The van der Waals surface area contributed by atoms with Crippen LogP contribution in [0, 0.1) is 0 Å². The Labute approximate surface area is 170 Å². The molecule has 0 saturated carbocycles. The Balaban J connectivity index is 1.57. The molecule has 1 atom stereocenters. The van der Waals surface area contributed by atoms with Gasteiger partial charge in [-0.25, -0.2) is 13.6 Å². The minimum absolute atomic E-state index is 0.0138. The van der Waals surface area contributed by atoms with Gasteiger partial charge in [0.25, 0.3) is 5.91 Å². The fourth-order valence-corrected chi connectivity index (χ4v) is 4.11. The third kappa shape index (κ3) is 4.82. The molecule has 1 aliphatic rings. The van der Waals surface area contributed by atoms with Gasteiger partial charge < -0.3 is 15.1 Å². The minimum Gasteiger partial charge on any atom is -0.359 e. The van der Waals surface area contributed by atoms with Gasteiger partial charge in [0.15, 0.2) is 6.04 Å². The summed E-state index contributed by atoms with van der Waals surface area (Å²) in [5, 5.41) is 8.66. The predicted octanol–water partition coefficient (Wildman–Crippen LogP) is 0.720. The predicted molar refractivity (Wildman–Crippen MR) is 110 cm³/mol. The Bertz CT molecular complexity index is 942. The van der Waals surface area contributed by atoms with Crippen LogP contribution in [0.4, 0.5) is 11.4 Å². The molecule has 1 saturated heterocycles. The summed E-state index contributed by atoms with van der Waals surface area (Å²) in [4.78, 5) is 16.0. The smallest absolute Gasteiger partial charge is 0.282 e. The van der Waals surface area contributed by atoms with Gasteiger partial charge in [-0.15, -0.1) is 0 Å². The number of halogens is 1. The highest BCUT2D eigenvalue weighted by Crippen LogP contribution is 2.24. The molecule has 7 nitrogen and oxygen atoms in total. The van der Waals surface area contributed by atoms with Crippen molar-refractivity contribution in [2.75, 3.05) is 36.4 Å². The van der Waals surface area contributed by atoms with Crippen molar-refractivity contribution in [3.8, 4) is 0 Å². The molecule has 28 heavy (non-hydrogen) atoms. The van der Waals surface area contributed by atoms with E-state index in [0.717, 1.165) is 36.9 Å². The second kappa shape index (κ2) is 8.48. The topological polar surface area (TPSA) is 96.9 Å². The Morgan fingerprint density at radius 1 is 1.14 bits per heavy atom. The summed E-state index contributed by atoms with van der Waals surface area (Å²) in [6.07, 6.45) is 0. The number of anilines is 2. The second-order valence-corrected chi connectivity index (χ2v) is 8.85. The van der Waals surface area contributed by atoms with Gasteiger partial charge >= 0.3 is 0 Å². The molecular formula is C19H24ClN4O3S+. The van der Waals surface area contributed by atoms with Crippen molar-refractivity contribution in [3.05, 3.63) is 53.6 Å². The molecule has 1 amide bonds. The first-order valence-corrected chi connectivity index (χ1v) is 11.0. The van der Waals surface area contributed by atoms with Gasteiger partial charge in [-0.05, 0) is 43.3 Å². The Kier molecular flexibility index (Phi) is 6.24. The fraction of sp³-hybridized carbons (Fsp3) is 0.316. The number of nitrogens with one attached hydrogen (secondary N) is 2. The van der Waals surface area contributed by atoms with E-state index in [9.17, 15) is 13.2 Å². The lowest BCUT2D eigenvalue weighted by Gasteiger charge is -2.36. The van der Waals surface area contributed by atoms with E-state index in [-0.39, 0.29) is 16.8 Å². The summed E-state index contributed by atoms with van der Waals surface area (Å²) in [6, 6.07) is 13.4. The van der Waals surface area contributed by atoms with Crippen LogP contribution in [0.5, 0.6) is 0 Å². The summed E-state index contributed by atoms with van der Waals surface area (Å²) >= 11 is 6.28.